The van der Waals surface area contributed by atoms with Crippen LogP contribution in [-0.2, 0) is 4.79 Å². The molecule has 7 heteroatoms. The topological polar surface area (TPSA) is 108 Å². The molecule has 7 nitrogen and oxygen atoms in total. The molecule has 0 unspecified atom stereocenters. The first-order chi connectivity index (χ1) is 14.1. The number of rotatable bonds is 5. The molecule has 4 rings (SSSR count). The van der Waals surface area contributed by atoms with Gasteiger partial charge in [0.1, 0.15) is 12.2 Å². The molecule has 0 bridgehead atoms. The molecule has 3 aromatic rings. The Bertz CT molecular complexity index is 1070. The van der Waals surface area contributed by atoms with E-state index in [2.05, 4.69) is 15.3 Å². The number of fused-ring (bicyclic) bond motifs is 1. The lowest BCUT2D eigenvalue weighted by molar-refractivity contribution is -0.118. The Kier molecular flexibility index (Phi) is 5.25. The number of pyridine rings is 1. The molecule has 2 heterocycles. The average molecular weight is 388 g/mol. The van der Waals surface area contributed by atoms with Gasteiger partial charge in [0.15, 0.2) is 0 Å². The van der Waals surface area contributed by atoms with Crippen molar-refractivity contribution in [2.45, 2.75) is 37.8 Å². The van der Waals surface area contributed by atoms with E-state index < -0.39 is 11.7 Å². The van der Waals surface area contributed by atoms with E-state index in [-0.39, 0.29) is 12.1 Å². The van der Waals surface area contributed by atoms with Crippen molar-refractivity contribution >= 4 is 22.6 Å². The van der Waals surface area contributed by atoms with Gasteiger partial charge in [-0.05, 0) is 37.8 Å². The van der Waals surface area contributed by atoms with E-state index in [9.17, 15) is 9.59 Å². The molecule has 29 heavy (non-hydrogen) atoms. The van der Waals surface area contributed by atoms with E-state index in [1.54, 1.807) is 18.3 Å². The number of hydrogen-bond donors (Lipinski definition) is 2. The third-order valence-corrected chi connectivity index (χ3v) is 5.20. The number of hydrogen-bond acceptors (Lipinski definition) is 5. The summed E-state index contributed by atoms with van der Waals surface area (Å²) in [6, 6.07) is 12.7. The van der Waals surface area contributed by atoms with Crippen LogP contribution in [0, 0.1) is 11.3 Å². The van der Waals surface area contributed by atoms with Gasteiger partial charge in [-0.25, -0.2) is 4.98 Å². The number of H-pyrrole nitrogens is 1. The molecule has 0 spiro atoms. The van der Waals surface area contributed by atoms with Gasteiger partial charge in [-0.15, -0.1) is 0 Å². The number of ketones is 1. The highest BCUT2D eigenvalue weighted by Crippen LogP contribution is 2.24. The van der Waals surface area contributed by atoms with Gasteiger partial charge in [-0.1, -0.05) is 18.2 Å². The fourth-order valence-corrected chi connectivity index (χ4v) is 3.64. The van der Waals surface area contributed by atoms with Crippen molar-refractivity contribution in [3.05, 3.63) is 59.9 Å². The maximum absolute atomic E-state index is 12.6. The highest BCUT2D eigenvalue weighted by Gasteiger charge is 2.27. The molecule has 0 aliphatic heterocycles. The fourth-order valence-electron chi connectivity index (χ4n) is 3.64. The molecule has 1 amide bonds. The van der Waals surface area contributed by atoms with Gasteiger partial charge in [-0.2, -0.15) is 5.26 Å². The quantitative estimate of drug-likeness (QED) is 0.516. The van der Waals surface area contributed by atoms with Crippen molar-refractivity contribution in [1.82, 2.24) is 15.3 Å². The Morgan fingerprint density at radius 2 is 1.93 bits per heavy atom. The number of aromatic amines is 1. The Balaban J connectivity index is 1.30. The molecule has 0 atom stereocenters. The molecule has 2 aromatic heterocycles. The molecule has 1 aromatic carbocycles. The monoisotopic (exact) mass is 388 g/mol. The van der Waals surface area contributed by atoms with Crippen LogP contribution in [0.3, 0.4) is 0 Å². The molecule has 1 aliphatic carbocycles. The van der Waals surface area contributed by atoms with Crippen LogP contribution < -0.4 is 10.1 Å². The lowest BCUT2D eigenvalue weighted by Gasteiger charge is -2.29. The van der Waals surface area contributed by atoms with E-state index in [0.29, 0.717) is 17.0 Å². The van der Waals surface area contributed by atoms with Gasteiger partial charge in [0.25, 0.3) is 11.7 Å². The summed E-state index contributed by atoms with van der Waals surface area (Å²) in [5.74, 6) is -0.610. The lowest BCUT2D eigenvalue weighted by Crippen LogP contribution is -2.42. The Hall–Kier alpha value is -3.66. The molecule has 0 saturated heterocycles. The van der Waals surface area contributed by atoms with E-state index >= 15 is 0 Å². The Labute approximate surface area is 167 Å². The van der Waals surface area contributed by atoms with Crippen LogP contribution in [0.15, 0.2) is 48.8 Å². The summed E-state index contributed by atoms with van der Waals surface area (Å²) in [6.45, 7) is 0. The normalized spacial score (nSPS) is 18.7. The number of para-hydroxylation sites is 1. The number of amides is 1. The summed E-state index contributed by atoms with van der Waals surface area (Å²) in [7, 11) is 0. The summed E-state index contributed by atoms with van der Waals surface area (Å²) in [5.41, 5.74) is 1.71. The van der Waals surface area contributed by atoms with E-state index in [1.807, 2.05) is 30.3 Å². The summed E-state index contributed by atoms with van der Waals surface area (Å²) in [5, 5.41) is 12.4. The van der Waals surface area contributed by atoms with Crippen molar-refractivity contribution in [2.75, 3.05) is 0 Å². The van der Waals surface area contributed by atoms with Gasteiger partial charge in [0.05, 0.1) is 11.1 Å². The number of nitriles is 1. The minimum Gasteiger partial charge on any atom is -0.474 e. The Morgan fingerprint density at radius 1 is 1.14 bits per heavy atom. The zero-order chi connectivity index (χ0) is 20.2. The van der Waals surface area contributed by atoms with E-state index in [4.69, 9.17) is 10.00 Å². The number of aromatic nitrogens is 2. The number of carbonyl (C=O) groups excluding carboxylic acids is 2. The van der Waals surface area contributed by atoms with Crippen molar-refractivity contribution < 1.29 is 14.3 Å². The van der Waals surface area contributed by atoms with E-state index in [0.717, 1.165) is 36.6 Å². The number of nitrogens with one attached hydrogen (secondary N) is 2. The van der Waals surface area contributed by atoms with Gasteiger partial charge in [-0.3, -0.25) is 9.59 Å². The third kappa shape index (κ3) is 4.11. The smallest absolute Gasteiger partial charge is 0.292 e. The second-order valence-electron chi connectivity index (χ2n) is 7.14. The minimum absolute atomic E-state index is 0.00732. The largest absolute Gasteiger partial charge is 0.474 e. The van der Waals surface area contributed by atoms with Crippen LogP contribution in [0.4, 0.5) is 0 Å². The van der Waals surface area contributed by atoms with Crippen molar-refractivity contribution in [2.24, 2.45) is 0 Å². The Morgan fingerprint density at radius 3 is 2.66 bits per heavy atom. The highest BCUT2D eigenvalue weighted by molar-refractivity contribution is 6.45. The second-order valence-corrected chi connectivity index (χ2v) is 7.14. The number of Topliss-reactive ketones (excluding diaryl/α,β-unsaturated/α-hetero) is 1. The van der Waals surface area contributed by atoms with Crippen LogP contribution in [0.5, 0.6) is 5.88 Å². The molecule has 2 N–H and O–H groups in total. The lowest BCUT2D eigenvalue weighted by atomic mass is 9.92. The second kappa shape index (κ2) is 8.15. The summed E-state index contributed by atoms with van der Waals surface area (Å²) < 4.78 is 5.86. The first-order valence-electron chi connectivity index (χ1n) is 9.58. The van der Waals surface area contributed by atoms with Gasteiger partial charge >= 0.3 is 0 Å². The number of carbonyl (C=O) groups is 2. The maximum atomic E-state index is 12.6. The highest BCUT2D eigenvalue weighted by atomic mass is 16.5. The van der Waals surface area contributed by atoms with Crippen LogP contribution in [-0.4, -0.2) is 33.8 Å². The number of ether oxygens (including phenoxy) is 1. The predicted molar refractivity (Wildman–Crippen MR) is 106 cm³/mol. The molecular formula is C22H20N4O3. The van der Waals surface area contributed by atoms with Crippen molar-refractivity contribution in [1.29, 1.82) is 5.26 Å². The van der Waals surface area contributed by atoms with Gasteiger partial charge in [0, 0.05) is 35.4 Å². The van der Waals surface area contributed by atoms with Gasteiger partial charge < -0.3 is 15.0 Å². The number of nitrogens with zero attached hydrogens (tertiary/aromatic N) is 2. The van der Waals surface area contributed by atoms with Crippen molar-refractivity contribution in [3.63, 3.8) is 0 Å². The van der Waals surface area contributed by atoms with Crippen LogP contribution in [0.25, 0.3) is 10.9 Å². The fraction of sp³-hybridized carbons (Fsp3) is 0.273. The predicted octanol–water partition coefficient (Wildman–Crippen LogP) is 3.12. The molecular weight excluding hydrogens is 368 g/mol. The van der Waals surface area contributed by atoms with E-state index in [1.165, 1.54) is 6.20 Å². The average Bonchev–Trinajstić information content (AvgIpc) is 3.19. The van der Waals surface area contributed by atoms with Crippen LogP contribution in [0.1, 0.15) is 41.6 Å². The molecule has 1 fully saturated rings. The SMILES string of the molecule is N#Cc1ccc(OC2CCC(NC(=O)C(=O)c3c[nH]c4ccccc34)CC2)nc1. The summed E-state index contributed by atoms with van der Waals surface area (Å²) in [4.78, 5) is 32.2. The zero-order valence-corrected chi connectivity index (χ0v) is 15.7. The maximum Gasteiger partial charge on any atom is 0.292 e. The first kappa shape index (κ1) is 18.7. The zero-order valence-electron chi connectivity index (χ0n) is 15.7. The molecule has 0 radical (unpaired) electrons. The molecule has 146 valence electrons. The molecule has 1 aliphatic rings. The summed E-state index contributed by atoms with van der Waals surface area (Å²) in [6.07, 6.45) is 6.05. The summed E-state index contributed by atoms with van der Waals surface area (Å²) >= 11 is 0. The van der Waals surface area contributed by atoms with Crippen LogP contribution in [0.2, 0.25) is 0 Å². The van der Waals surface area contributed by atoms with Crippen LogP contribution >= 0.6 is 0 Å². The third-order valence-electron chi connectivity index (χ3n) is 5.20. The standard InChI is InChI=1S/C22H20N4O3/c23-11-14-5-10-20(25-12-14)29-16-8-6-15(7-9-16)26-22(28)21(27)18-13-24-19-4-2-1-3-17(18)19/h1-5,10,12-13,15-16,24H,6-9H2,(H,26,28). The van der Waals surface area contributed by atoms with Gasteiger partial charge in [0.2, 0.25) is 5.88 Å². The number of benzene rings is 1. The van der Waals surface area contributed by atoms with Crippen molar-refractivity contribution in [3.8, 4) is 11.9 Å². The molecule has 1 saturated carbocycles. The minimum atomic E-state index is -0.576. The first-order valence-corrected chi connectivity index (χ1v) is 9.58.